The monoisotopic (exact) mass is 344 g/mol. The number of carbonyl (C=O) groups is 1. The summed E-state index contributed by atoms with van der Waals surface area (Å²) in [6.07, 6.45) is 0. The summed E-state index contributed by atoms with van der Waals surface area (Å²) in [5.74, 6) is -1.17. The minimum atomic E-state index is -0.675. The molecule has 2 aromatic carbocycles. The minimum Gasteiger partial charge on any atom is -0.504 e. The van der Waals surface area contributed by atoms with Crippen LogP contribution < -0.4 is 0 Å². The molecule has 0 aliphatic rings. The van der Waals surface area contributed by atoms with Gasteiger partial charge in [0.25, 0.3) is 5.91 Å². The molecule has 0 aliphatic carbocycles. The van der Waals surface area contributed by atoms with Gasteiger partial charge in [-0.1, -0.05) is 38.1 Å². The van der Waals surface area contributed by atoms with E-state index in [2.05, 4.69) is 18.7 Å². The maximum absolute atomic E-state index is 13.6. The van der Waals surface area contributed by atoms with Crippen molar-refractivity contribution in [3.05, 3.63) is 53.8 Å². The van der Waals surface area contributed by atoms with Gasteiger partial charge >= 0.3 is 0 Å². The lowest BCUT2D eigenvalue weighted by atomic mass is 10.0. The highest BCUT2D eigenvalue weighted by molar-refractivity contribution is 5.95. The topological polar surface area (TPSA) is 43.8 Å². The number of benzene rings is 2. The molecule has 134 valence electrons. The van der Waals surface area contributed by atoms with Crippen LogP contribution >= 0.6 is 0 Å². The van der Waals surface area contributed by atoms with Gasteiger partial charge < -0.3 is 14.9 Å². The third kappa shape index (κ3) is 4.57. The molecule has 1 amide bonds. The Kier molecular flexibility index (Phi) is 6.53. The molecule has 25 heavy (non-hydrogen) atoms. The summed E-state index contributed by atoms with van der Waals surface area (Å²) >= 11 is 0. The molecule has 0 aromatic heterocycles. The number of nitrogens with zero attached hydrogens (tertiary/aromatic N) is 2. The first-order valence-corrected chi connectivity index (χ1v) is 8.53. The van der Waals surface area contributed by atoms with E-state index in [1.54, 1.807) is 42.3 Å². The van der Waals surface area contributed by atoms with Crippen LogP contribution in [-0.2, 0) is 0 Å². The molecule has 0 unspecified atom stereocenters. The number of phenols is 1. The van der Waals surface area contributed by atoms with Gasteiger partial charge in [0.15, 0.2) is 11.6 Å². The van der Waals surface area contributed by atoms with Crippen LogP contribution in [0, 0.1) is 5.82 Å². The highest BCUT2D eigenvalue weighted by atomic mass is 19.1. The summed E-state index contributed by atoms with van der Waals surface area (Å²) < 4.78 is 13.6. The molecule has 0 bridgehead atoms. The second-order valence-electron chi connectivity index (χ2n) is 5.97. The maximum Gasteiger partial charge on any atom is 0.253 e. The van der Waals surface area contributed by atoms with Gasteiger partial charge in [0.1, 0.15) is 0 Å². The first kappa shape index (κ1) is 18.9. The fraction of sp³-hybridized carbons (Fsp3) is 0.350. The molecule has 2 rings (SSSR count). The van der Waals surface area contributed by atoms with E-state index in [1.165, 1.54) is 12.1 Å². The SMILES string of the molecule is CCN(CC)CCN(C)C(=O)c1cccc(-c2cccc(F)c2O)c1. The van der Waals surface area contributed by atoms with E-state index in [9.17, 15) is 14.3 Å². The molecule has 2 aromatic rings. The summed E-state index contributed by atoms with van der Waals surface area (Å²) in [6.45, 7) is 7.55. The Labute approximate surface area is 148 Å². The van der Waals surface area contributed by atoms with Crippen molar-refractivity contribution in [2.75, 3.05) is 33.2 Å². The lowest BCUT2D eigenvalue weighted by Crippen LogP contribution is -2.36. The van der Waals surface area contributed by atoms with Gasteiger partial charge in [-0.25, -0.2) is 4.39 Å². The Balaban J connectivity index is 2.17. The van der Waals surface area contributed by atoms with Gasteiger partial charge in [-0.2, -0.15) is 0 Å². The number of hydrogen-bond donors (Lipinski definition) is 1. The van der Waals surface area contributed by atoms with Crippen LogP contribution in [0.2, 0.25) is 0 Å². The van der Waals surface area contributed by atoms with Crippen LogP contribution in [0.3, 0.4) is 0 Å². The van der Waals surface area contributed by atoms with Crippen molar-refractivity contribution in [2.24, 2.45) is 0 Å². The number of amides is 1. The second kappa shape index (κ2) is 8.62. The molecule has 4 nitrogen and oxygen atoms in total. The molecule has 5 heteroatoms. The average molecular weight is 344 g/mol. The van der Waals surface area contributed by atoms with Gasteiger partial charge in [-0.3, -0.25) is 4.79 Å². The van der Waals surface area contributed by atoms with Gasteiger partial charge in [-0.15, -0.1) is 0 Å². The van der Waals surface area contributed by atoms with Gasteiger partial charge in [-0.05, 0) is 36.9 Å². The fourth-order valence-electron chi connectivity index (χ4n) is 2.72. The number of hydrogen-bond acceptors (Lipinski definition) is 3. The summed E-state index contributed by atoms with van der Waals surface area (Å²) in [7, 11) is 1.78. The lowest BCUT2D eigenvalue weighted by Gasteiger charge is -2.23. The zero-order chi connectivity index (χ0) is 18.4. The Bertz CT molecular complexity index is 729. The molecule has 0 aliphatic heterocycles. The van der Waals surface area contributed by atoms with E-state index in [4.69, 9.17) is 0 Å². The standard InChI is InChI=1S/C20H25FN2O2/c1-4-23(5-2)13-12-22(3)20(25)16-9-6-8-15(14-16)17-10-7-11-18(21)19(17)24/h6-11,14,24H,4-5,12-13H2,1-3H3. The maximum atomic E-state index is 13.6. The van der Waals surface area contributed by atoms with Gasteiger partial charge in [0.2, 0.25) is 0 Å². The number of halogens is 1. The average Bonchev–Trinajstić information content (AvgIpc) is 2.64. The minimum absolute atomic E-state index is 0.0927. The highest BCUT2D eigenvalue weighted by Gasteiger charge is 2.15. The third-order valence-electron chi connectivity index (χ3n) is 4.40. The van der Waals surface area contributed by atoms with Gasteiger partial charge in [0.05, 0.1) is 0 Å². The first-order chi connectivity index (χ1) is 12.0. The van der Waals surface area contributed by atoms with Crippen molar-refractivity contribution in [1.82, 2.24) is 9.80 Å². The number of aromatic hydroxyl groups is 1. The van der Waals surface area contributed by atoms with E-state index in [0.29, 0.717) is 23.2 Å². The number of rotatable bonds is 7. The largest absolute Gasteiger partial charge is 0.504 e. The molecule has 0 atom stereocenters. The van der Waals surface area contributed by atoms with E-state index in [1.807, 2.05) is 0 Å². The highest BCUT2D eigenvalue weighted by Crippen LogP contribution is 2.31. The zero-order valence-electron chi connectivity index (χ0n) is 15.0. The first-order valence-electron chi connectivity index (χ1n) is 8.53. The number of para-hydroxylation sites is 1. The molecule has 0 fully saturated rings. The van der Waals surface area contributed by atoms with Gasteiger partial charge in [0, 0.05) is 31.3 Å². The van der Waals surface area contributed by atoms with Crippen molar-refractivity contribution in [3.63, 3.8) is 0 Å². The van der Waals surface area contributed by atoms with Crippen LogP contribution in [0.5, 0.6) is 5.75 Å². The summed E-state index contributed by atoms with van der Waals surface area (Å²) in [6, 6.07) is 11.3. The fourth-order valence-corrected chi connectivity index (χ4v) is 2.72. The van der Waals surface area contributed by atoms with Crippen molar-refractivity contribution in [3.8, 4) is 16.9 Å². The van der Waals surface area contributed by atoms with E-state index >= 15 is 0 Å². The van der Waals surface area contributed by atoms with E-state index < -0.39 is 11.6 Å². The third-order valence-corrected chi connectivity index (χ3v) is 4.40. The number of likely N-dealkylation sites (N-methyl/N-ethyl adjacent to an activating group) is 2. The predicted molar refractivity (Wildman–Crippen MR) is 98.2 cm³/mol. The Morgan fingerprint density at radius 2 is 1.76 bits per heavy atom. The zero-order valence-corrected chi connectivity index (χ0v) is 15.0. The molecule has 1 N–H and O–H groups in total. The molecule has 0 heterocycles. The molecular weight excluding hydrogens is 319 g/mol. The van der Waals surface area contributed by atoms with Crippen LogP contribution in [0.1, 0.15) is 24.2 Å². The summed E-state index contributed by atoms with van der Waals surface area (Å²) in [5.41, 5.74) is 1.50. The molecule has 0 spiro atoms. The lowest BCUT2D eigenvalue weighted by molar-refractivity contribution is 0.0780. The smallest absolute Gasteiger partial charge is 0.253 e. The summed E-state index contributed by atoms with van der Waals surface area (Å²) in [4.78, 5) is 16.6. The van der Waals surface area contributed by atoms with Crippen molar-refractivity contribution < 1.29 is 14.3 Å². The van der Waals surface area contributed by atoms with Crippen molar-refractivity contribution in [1.29, 1.82) is 0 Å². The van der Waals surface area contributed by atoms with Crippen LogP contribution in [0.25, 0.3) is 11.1 Å². The van der Waals surface area contributed by atoms with Crippen molar-refractivity contribution >= 4 is 5.91 Å². The normalized spacial score (nSPS) is 10.9. The number of carbonyl (C=O) groups excluding carboxylic acids is 1. The predicted octanol–water partition coefficient (Wildman–Crippen LogP) is 3.61. The quantitative estimate of drug-likeness (QED) is 0.834. The molecule has 0 saturated heterocycles. The molecular formula is C20H25FN2O2. The Hall–Kier alpha value is -2.40. The molecule has 0 saturated carbocycles. The Morgan fingerprint density at radius 3 is 2.44 bits per heavy atom. The van der Waals surface area contributed by atoms with E-state index in [0.717, 1.165) is 19.6 Å². The van der Waals surface area contributed by atoms with E-state index in [-0.39, 0.29) is 5.91 Å². The summed E-state index contributed by atoms with van der Waals surface area (Å²) in [5, 5.41) is 9.91. The van der Waals surface area contributed by atoms with Crippen LogP contribution in [0.15, 0.2) is 42.5 Å². The van der Waals surface area contributed by atoms with Crippen LogP contribution in [0.4, 0.5) is 4.39 Å². The van der Waals surface area contributed by atoms with Crippen molar-refractivity contribution in [2.45, 2.75) is 13.8 Å². The van der Waals surface area contributed by atoms with Crippen LogP contribution in [-0.4, -0.2) is 54.0 Å². The second-order valence-corrected chi connectivity index (χ2v) is 5.97. The molecule has 0 radical (unpaired) electrons. The number of phenolic OH excluding ortho intramolecular Hbond substituents is 1. The Morgan fingerprint density at radius 1 is 1.08 bits per heavy atom.